The summed E-state index contributed by atoms with van der Waals surface area (Å²) in [5.41, 5.74) is 1.72. The molecule has 0 aromatic heterocycles. The molecular formula is C15H17NO3. The van der Waals surface area contributed by atoms with Crippen molar-refractivity contribution in [3.8, 4) is 5.75 Å². The summed E-state index contributed by atoms with van der Waals surface area (Å²) in [4.78, 5) is 24.2. The van der Waals surface area contributed by atoms with E-state index in [0.29, 0.717) is 0 Å². The predicted octanol–water partition coefficient (Wildman–Crippen LogP) is 2.16. The summed E-state index contributed by atoms with van der Waals surface area (Å²) >= 11 is 0. The van der Waals surface area contributed by atoms with Gasteiger partial charge in [-0.2, -0.15) is 0 Å². The summed E-state index contributed by atoms with van der Waals surface area (Å²) in [6.45, 7) is 2.35. The number of benzene rings is 1. The minimum atomic E-state index is -0.284. The molecule has 2 rings (SSSR count). The number of rotatable bonds is 5. The Morgan fingerprint density at radius 3 is 2.47 bits per heavy atom. The van der Waals surface area contributed by atoms with Crippen LogP contribution in [0, 0.1) is 0 Å². The Morgan fingerprint density at radius 1 is 1.16 bits per heavy atom. The molecule has 4 heteroatoms. The maximum atomic E-state index is 11.5. The van der Waals surface area contributed by atoms with Crippen molar-refractivity contribution in [1.29, 1.82) is 0 Å². The van der Waals surface area contributed by atoms with Gasteiger partial charge < -0.3 is 5.11 Å². The minimum Gasteiger partial charge on any atom is -0.508 e. The zero-order valence-electron chi connectivity index (χ0n) is 10.9. The molecule has 0 bridgehead atoms. The van der Waals surface area contributed by atoms with Crippen LogP contribution < -0.4 is 0 Å². The topological polar surface area (TPSA) is 57.6 Å². The average Bonchev–Trinajstić information content (AvgIpc) is 2.71. The number of hydrogen-bond acceptors (Lipinski definition) is 3. The molecular weight excluding hydrogens is 242 g/mol. The number of phenolic OH excluding ortho intramolecular Hbond substituents is 1. The monoisotopic (exact) mass is 259 g/mol. The van der Waals surface area contributed by atoms with Gasteiger partial charge in [-0.3, -0.25) is 14.5 Å². The zero-order chi connectivity index (χ0) is 13.8. The highest BCUT2D eigenvalue weighted by Crippen LogP contribution is 2.22. The lowest BCUT2D eigenvalue weighted by atomic mass is 10.0. The fourth-order valence-electron chi connectivity index (χ4n) is 2.07. The van der Waals surface area contributed by atoms with Crippen molar-refractivity contribution in [2.24, 2.45) is 0 Å². The van der Waals surface area contributed by atoms with Crippen molar-refractivity contribution in [3.63, 3.8) is 0 Å². The molecule has 1 aliphatic rings. The van der Waals surface area contributed by atoms with Crippen LogP contribution in [-0.2, 0) is 22.6 Å². The number of amides is 2. The molecule has 2 amide bonds. The van der Waals surface area contributed by atoms with Gasteiger partial charge in [0, 0.05) is 12.2 Å². The molecule has 0 spiro atoms. The Labute approximate surface area is 112 Å². The van der Waals surface area contributed by atoms with E-state index in [1.54, 1.807) is 12.1 Å². The normalized spacial score (nSPS) is 14.5. The summed E-state index contributed by atoms with van der Waals surface area (Å²) < 4.78 is 0. The molecule has 1 N–H and O–H groups in total. The quantitative estimate of drug-likeness (QED) is 0.824. The number of aryl methyl sites for hydroxylation is 1. The Kier molecular flexibility index (Phi) is 4.00. The van der Waals surface area contributed by atoms with Crippen molar-refractivity contribution in [2.75, 3.05) is 0 Å². The van der Waals surface area contributed by atoms with Crippen molar-refractivity contribution in [3.05, 3.63) is 41.5 Å². The van der Waals surface area contributed by atoms with E-state index in [-0.39, 0.29) is 24.1 Å². The smallest absolute Gasteiger partial charge is 0.253 e. The SMILES string of the molecule is CCCCc1cc(CN2C(=O)C=CC2=O)ccc1O. The van der Waals surface area contributed by atoms with E-state index in [1.807, 2.05) is 6.07 Å². The molecule has 0 fully saturated rings. The third kappa shape index (κ3) is 3.02. The summed E-state index contributed by atoms with van der Waals surface area (Å²) in [7, 11) is 0. The molecule has 0 saturated heterocycles. The van der Waals surface area contributed by atoms with Crippen LogP contribution in [0.4, 0.5) is 0 Å². The maximum absolute atomic E-state index is 11.5. The van der Waals surface area contributed by atoms with Gasteiger partial charge in [-0.1, -0.05) is 25.5 Å². The fraction of sp³-hybridized carbons (Fsp3) is 0.333. The number of carbonyl (C=O) groups excluding carboxylic acids is 2. The Hall–Kier alpha value is -2.10. The summed E-state index contributed by atoms with van der Waals surface area (Å²) in [5, 5.41) is 9.77. The van der Waals surface area contributed by atoms with Gasteiger partial charge >= 0.3 is 0 Å². The molecule has 0 saturated carbocycles. The van der Waals surface area contributed by atoms with Gasteiger partial charge in [-0.15, -0.1) is 0 Å². The molecule has 19 heavy (non-hydrogen) atoms. The van der Waals surface area contributed by atoms with Crippen LogP contribution in [0.1, 0.15) is 30.9 Å². The first-order valence-corrected chi connectivity index (χ1v) is 6.46. The van der Waals surface area contributed by atoms with Gasteiger partial charge in [-0.25, -0.2) is 0 Å². The van der Waals surface area contributed by atoms with Crippen molar-refractivity contribution >= 4 is 11.8 Å². The first kappa shape index (κ1) is 13.3. The summed E-state index contributed by atoms with van der Waals surface area (Å²) in [6, 6.07) is 5.23. The summed E-state index contributed by atoms with van der Waals surface area (Å²) in [5.74, 6) is -0.296. The van der Waals surface area contributed by atoms with E-state index in [2.05, 4.69) is 6.92 Å². The molecule has 0 radical (unpaired) electrons. The van der Waals surface area contributed by atoms with Crippen LogP contribution in [0.25, 0.3) is 0 Å². The number of hydrogen-bond donors (Lipinski definition) is 1. The Balaban J connectivity index is 2.12. The lowest BCUT2D eigenvalue weighted by molar-refractivity contribution is -0.137. The van der Waals surface area contributed by atoms with E-state index >= 15 is 0 Å². The zero-order valence-corrected chi connectivity index (χ0v) is 10.9. The first-order valence-electron chi connectivity index (χ1n) is 6.46. The largest absolute Gasteiger partial charge is 0.508 e. The van der Waals surface area contributed by atoms with Crippen molar-refractivity contribution in [1.82, 2.24) is 4.90 Å². The molecule has 1 aromatic rings. The van der Waals surface area contributed by atoms with Crippen molar-refractivity contribution in [2.45, 2.75) is 32.7 Å². The van der Waals surface area contributed by atoms with E-state index in [1.165, 1.54) is 17.1 Å². The van der Waals surface area contributed by atoms with Gasteiger partial charge in [-0.05, 0) is 30.0 Å². The van der Waals surface area contributed by atoms with E-state index in [9.17, 15) is 14.7 Å². The molecule has 1 heterocycles. The number of unbranched alkanes of at least 4 members (excludes halogenated alkanes) is 1. The van der Waals surface area contributed by atoms with Crippen LogP contribution in [0.5, 0.6) is 5.75 Å². The molecule has 0 aliphatic carbocycles. The number of aromatic hydroxyl groups is 1. The fourth-order valence-corrected chi connectivity index (χ4v) is 2.07. The van der Waals surface area contributed by atoms with E-state index < -0.39 is 0 Å². The number of nitrogens with zero attached hydrogens (tertiary/aromatic N) is 1. The molecule has 0 unspecified atom stereocenters. The Bertz CT molecular complexity index is 516. The van der Waals surface area contributed by atoms with Crippen molar-refractivity contribution < 1.29 is 14.7 Å². The predicted molar refractivity (Wildman–Crippen MR) is 71.4 cm³/mol. The maximum Gasteiger partial charge on any atom is 0.253 e. The average molecular weight is 259 g/mol. The van der Waals surface area contributed by atoms with Crippen LogP contribution in [0.3, 0.4) is 0 Å². The lowest BCUT2D eigenvalue weighted by Gasteiger charge is -2.15. The Morgan fingerprint density at radius 2 is 1.84 bits per heavy atom. The highest BCUT2D eigenvalue weighted by molar-refractivity contribution is 6.12. The van der Waals surface area contributed by atoms with Gasteiger partial charge in [0.2, 0.25) is 0 Å². The summed E-state index contributed by atoms with van der Waals surface area (Å²) in [6.07, 6.45) is 5.41. The lowest BCUT2D eigenvalue weighted by Crippen LogP contribution is -2.29. The van der Waals surface area contributed by atoms with Crippen LogP contribution in [0.15, 0.2) is 30.4 Å². The second-order valence-corrected chi connectivity index (χ2v) is 4.66. The molecule has 1 aromatic carbocycles. The number of carbonyl (C=O) groups is 2. The van der Waals surface area contributed by atoms with Gasteiger partial charge in [0.1, 0.15) is 5.75 Å². The second kappa shape index (κ2) is 5.69. The van der Waals surface area contributed by atoms with E-state index in [4.69, 9.17) is 0 Å². The number of imide groups is 1. The van der Waals surface area contributed by atoms with Gasteiger partial charge in [0.25, 0.3) is 11.8 Å². The highest BCUT2D eigenvalue weighted by Gasteiger charge is 2.23. The first-order chi connectivity index (χ1) is 9.11. The third-order valence-electron chi connectivity index (χ3n) is 3.18. The van der Waals surface area contributed by atoms with Crippen LogP contribution >= 0.6 is 0 Å². The number of phenols is 1. The van der Waals surface area contributed by atoms with Crippen LogP contribution in [-0.4, -0.2) is 21.8 Å². The third-order valence-corrected chi connectivity index (χ3v) is 3.18. The molecule has 4 nitrogen and oxygen atoms in total. The van der Waals surface area contributed by atoms with Gasteiger partial charge in [0.05, 0.1) is 6.54 Å². The molecule has 100 valence electrons. The standard InChI is InChI=1S/C15H17NO3/c1-2-3-4-12-9-11(5-6-13(12)17)10-16-14(18)7-8-15(16)19/h5-9,17H,2-4,10H2,1H3. The van der Waals surface area contributed by atoms with Crippen LogP contribution in [0.2, 0.25) is 0 Å². The van der Waals surface area contributed by atoms with Gasteiger partial charge in [0.15, 0.2) is 0 Å². The minimum absolute atomic E-state index is 0.254. The second-order valence-electron chi connectivity index (χ2n) is 4.66. The highest BCUT2D eigenvalue weighted by atomic mass is 16.3. The molecule has 0 atom stereocenters. The molecule has 1 aliphatic heterocycles. The van der Waals surface area contributed by atoms with E-state index in [0.717, 1.165) is 30.4 Å².